The van der Waals surface area contributed by atoms with Crippen molar-refractivity contribution in [2.45, 2.75) is 0 Å². The fraction of sp³-hybridized carbons (Fsp3) is 0. The second kappa shape index (κ2) is 10.2. The van der Waals surface area contributed by atoms with Gasteiger partial charge in [-0.15, -0.1) is 0 Å². The van der Waals surface area contributed by atoms with Crippen molar-refractivity contribution in [3.63, 3.8) is 0 Å². The van der Waals surface area contributed by atoms with Crippen LogP contribution in [0.3, 0.4) is 0 Å². The van der Waals surface area contributed by atoms with E-state index in [9.17, 15) is 8.78 Å². The first-order valence-corrected chi connectivity index (χ1v) is 13.0. The Bertz CT molecular complexity index is 1930. The summed E-state index contributed by atoms with van der Waals surface area (Å²) in [4.78, 5) is 19.1. The number of aromatic nitrogens is 5. The molecule has 0 saturated carbocycles. The lowest BCUT2D eigenvalue weighted by molar-refractivity contribution is 0.582. The Hall–Kier alpha value is -5.56. The Labute approximate surface area is 234 Å². The van der Waals surface area contributed by atoms with E-state index in [1.54, 1.807) is 4.57 Å². The highest BCUT2D eigenvalue weighted by Gasteiger charge is 2.17. The van der Waals surface area contributed by atoms with Crippen LogP contribution in [0.1, 0.15) is 0 Å². The van der Waals surface area contributed by atoms with Gasteiger partial charge in [-0.2, -0.15) is 0 Å². The van der Waals surface area contributed by atoms with Gasteiger partial charge in [0.15, 0.2) is 17.5 Å². The molecule has 7 aromatic rings. The average molecular weight is 538 g/mol. The molecule has 0 radical (unpaired) electrons. The second-order valence-electron chi connectivity index (χ2n) is 9.50. The first kappa shape index (κ1) is 24.5. The highest BCUT2D eigenvalue weighted by molar-refractivity contribution is 5.83. The number of imidazole rings is 1. The molecule has 5 aromatic carbocycles. The molecular weight excluding hydrogens is 516 g/mol. The van der Waals surface area contributed by atoms with E-state index in [-0.39, 0.29) is 0 Å². The number of hydrogen-bond donors (Lipinski definition) is 0. The van der Waals surface area contributed by atoms with E-state index in [0.29, 0.717) is 34.5 Å². The third-order valence-electron chi connectivity index (χ3n) is 6.77. The van der Waals surface area contributed by atoms with Gasteiger partial charge in [0, 0.05) is 28.3 Å². The van der Waals surface area contributed by atoms with Crippen molar-refractivity contribution in [1.29, 1.82) is 0 Å². The number of nitrogens with zero attached hydrogens (tertiary/aromatic N) is 5. The topological polar surface area (TPSA) is 56.5 Å². The Kier molecular flexibility index (Phi) is 6.09. The van der Waals surface area contributed by atoms with Gasteiger partial charge in [-0.1, -0.05) is 97.1 Å². The van der Waals surface area contributed by atoms with E-state index in [4.69, 9.17) is 19.9 Å². The summed E-state index contributed by atoms with van der Waals surface area (Å²) in [6, 6.07) is 38.2. The molecule has 0 atom stereocenters. The molecule has 0 aliphatic heterocycles. The predicted octanol–water partition coefficient (Wildman–Crippen LogP) is 8.16. The van der Waals surface area contributed by atoms with E-state index < -0.39 is 11.6 Å². The van der Waals surface area contributed by atoms with Gasteiger partial charge in [-0.3, -0.25) is 4.57 Å². The van der Waals surface area contributed by atoms with Crippen LogP contribution in [-0.4, -0.2) is 24.5 Å². The first-order chi connectivity index (χ1) is 20.1. The van der Waals surface area contributed by atoms with Crippen molar-refractivity contribution in [3.8, 4) is 51.2 Å². The molecule has 0 bridgehead atoms. The lowest BCUT2D eigenvalue weighted by Crippen LogP contribution is -2.01. The van der Waals surface area contributed by atoms with Crippen LogP contribution < -0.4 is 0 Å². The largest absolute Gasteiger partial charge is 0.292 e. The van der Waals surface area contributed by atoms with Gasteiger partial charge >= 0.3 is 0 Å². The van der Waals surface area contributed by atoms with Crippen LogP contribution in [0, 0.1) is 11.6 Å². The van der Waals surface area contributed by atoms with Crippen molar-refractivity contribution in [2.75, 3.05) is 0 Å². The maximum Gasteiger partial charge on any atom is 0.164 e. The van der Waals surface area contributed by atoms with E-state index in [1.165, 1.54) is 12.1 Å². The van der Waals surface area contributed by atoms with Crippen molar-refractivity contribution >= 4 is 11.0 Å². The van der Waals surface area contributed by atoms with Gasteiger partial charge in [0.25, 0.3) is 0 Å². The highest BCUT2D eigenvalue weighted by atomic mass is 19.1. The van der Waals surface area contributed by atoms with Gasteiger partial charge < -0.3 is 0 Å². The summed E-state index contributed by atoms with van der Waals surface area (Å²) < 4.78 is 30.2. The number of para-hydroxylation sites is 2. The Morgan fingerprint density at radius 2 is 0.902 bits per heavy atom. The van der Waals surface area contributed by atoms with Gasteiger partial charge in [0.05, 0.1) is 16.7 Å². The molecule has 0 saturated heterocycles. The lowest BCUT2D eigenvalue weighted by atomic mass is 10.1. The molecule has 0 fully saturated rings. The predicted molar refractivity (Wildman–Crippen MR) is 156 cm³/mol. The van der Waals surface area contributed by atoms with E-state index >= 15 is 0 Å². The molecule has 0 unspecified atom stereocenters. The minimum absolute atomic E-state index is 0.354. The second-order valence-corrected chi connectivity index (χ2v) is 9.50. The monoisotopic (exact) mass is 537 g/mol. The fourth-order valence-electron chi connectivity index (χ4n) is 4.86. The van der Waals surface area contributed by atoms with Gasteiger partial charge in [-0.05, 0) is 24.3 Å². The molecule has 2 aromatic heterocycles. The van der Waals surface area contributed by atoms with Gasteiger partial charge in [-0.25, -0.2) is 28.7 Å². The Morgan fingerprint density at radius 1 is 0.439 bits per heavy atom. The molecule has 41 heavy (non-hydrogen) atoms. The van der Waals surface area contributed by atoms with E-state index in [1.807, 2.05) is 109 Å². The molecule has 0 spiro atoms. The highest BCUT2D eigenvalue weighted by Crippen LogP contribution is 2.31. The number of benzene rings is 5. The van der Waals surface area contributed by atoms with Crippen LogP contribution >= 0.6 is 0 Å². The Morgan fingerprint density at radius 3 is 1.46 bits per heavy atom. The molecule has 196 valence electrons. The quantitative estimate of drug-likeness (QED) is 0.222. The summed E-state index contributed by atoms with van der Waals surface area (Å²) >= 11 is 0. The van der Waals surface area contributed by atoms with Crippen molar-refractivity contribution < 1.29 is 8.78 Å². The van der Waals surface area contributed by atoms with Gasteiger partial charge in [0.2, 0.25) is 0 Å². The third-order valence-corrected chi connectivity index (χ3v) is 6.77. The summed E-state index contributed by atoms with van der Waals surface area (Å²) in [5.74, 6) is 0.940. The van der Waals surface area contributed by atoms with Crippen LogP contribution in [0.4, 0.5) is 8.78 Å². The van der Waals surface area contributed by atoms with Crippen molar-refractivity contribution in [2.24, 2.45) is 0 Å². The number of halogens is 2. The summed E-state index contributed by atoms with van der Waals surface area (Å²) in [6.07, 6.45) is 0. The molecule has 0 amide bonds. The number of rotatable bonds is 5. The van der Waals surface area contributed by atoms with E-state index in [0.717, 1.165) is 33.8 Å². The van der Waals surface area contributed by atoms with Crippen LogP contribution in [-0.2, 0) is 0 Å². The molecule has 2 heterocycles. The molecule has 5 nitrogen and oxygen atoms in total. The summed E-state index contributed by atoms with van der Waals surface area (Å²) in [7, 11) is 0. The molecule has 7 rings (SSSR count). The summed E-state index contributed by atoms with van der Waals surface area (Å²) in [5.41, 5.74) is 5.16. The van der Waals surface area contributed by atoms with Crippen LogP contribution in [0.25, 0.3) is 62.3 Å². The molecule has 0 aliphatic rings. The minimum atomic E-state index is -0.655. The van der Waals surface area contributed by atoms with E-state index in [2.05, 4.69) is 0 Å². The zero-order valence-corrected chi connectivity index (χ0v) is 21.6. The average Bonchev–Trinajstić information content (AvgIpc) is 3.41. The summed E-state index contributed by atoms with van der Waals surface area (Å²) in [6.45, 7) is 0. The van der Waals surface area contributed by atoms with Gasteiger partial charge in [0.1, 0.15) is 17.5 Å². The SMILES string of the molecule is Fc1cc(F)cc(-n2c(-c3ccc(-c4nc(-c5ccccc5)nc(-c5ccccc5)n4)cc3)nc3ccccc32)c1. The number of hydrogen-bond acceptors (Lipinski definition) is 4. The fourth-order valence-corrected chi connectivity index (χ4v) is 4.86. The van der Waals surface area contributed by atoms with Crippen LogP contribution in [0.2, 0.25) is 0 Å². The number of fused-ring (bicyclic) bond motifs is 1. The zero-order chi connectivity index (χ0) is 27.8. The normalized spacial score (nSPS) is 11.2. The van der Waals surface area contributed by atoms with Crippen molar-refractivity contribution in [3.05, 3.63) is 139 Å². The smallest absolute Gasteiger partial charge is 0.164 e. The summed E-state index contributed by atoms with van der Waals surface area (Å²) in [5, 5.41) is 0. The minimum Gasteiger partial charge on any atom is -0.292 e. The van der Waals surface area contributed by atoms with Crippen LogP contribution in [0.5, 0.6) is 0 Å². The Balaban J connectivity index is 1.35. The molecule has 0 aliphatic carbocycles. The zero-order valence-electron chi connectivity index (χ0n) is 21.6. The molecule has 7 heteroatoms. The maximum absolute atomic E-state index is 14.2. The third kappa shape index (κ3) is 4.74. The van der Waals surface area contributed by atoms with Crippen LogP contribution in [0.15, 0.2) is 127 Å². The van der Waals surface area contributed by atoms with Crippen molar-refractivity contribution in [1.82, 2.24) is 24.5 Å². The molecule has 0 N–H and O–H groups in total. The lowest BCUT2D eigenvalue weighted by Gasteiger charge is -2.11. The maximum atomic E-state index is 14.2. The standard InChI is InChI=1S/C34H21F2N5/c35-26-19-27(36)21-28(20-26)41-30-14-8-7-13-29(30)37-34(41)25-17-15-24(16-18-25)33-39-31(22-9-3-1-4-10-22)38-32(40-33)23-11-5-2-6-12-23/h1-21H. The first-order valence-electron chi connectivity index (χ1n) is 13.0. The molecular formula is C34H21F2N5.